The van der Waals surface area contributed by atoms with E-state index < -0.39 is 11.9 Å². The molecule has 0 amide bonds. The third-order valence-electron chi connectivity index (χ3n) is 4.59. The summed E-state index contributed by atoms with van der Waals surface area (Å²) >= 11 is 0. The van der Waals surface area contributed by atoms with Crippen molar-refractivity contribution in [3.63, 3.8) is 0 Å². The van der Waals surface area contributed by atoms with Crippen LogP contribution in [-0.4, -0.2) is 42.4 Å². The molecule has 0 bridgehead atoms. The fraction of sp³-hybridized carbons (Fsp3) is 0.562. The van der Waals surface area contributed by atoms with Crippen molar-refractivity contribution in [2.45, 2.75) is 25.8 Å². The molecule has 1 fully saturated rings. The van der Waals surface area contributed by atoms with E-state index in [1.165, 1.54) is 0 Å². The van der Waals surface area contributed by atoms with Crippen LogP contribution in [0.25, 0.3) is 0 Å². The topological polar surface area (TPSA) is 59.0 Å². The van der Waals surface area contributed by atoms with Crippen LogP contribution >= 0.6 is 0 Å². The Balaban J connectivity index is 1.95. The van der Waals surface area contributed by atoms with Gasteiger partial charge in [0, 0.05) is 18.5 Å². The van der Waals surface area contributed by atoms with Gasteiger partial charge in [-0.2, -0.15) is 0 Å². The van der Waals surface area contributed by atoms with E-state index >= 15 is 0 Å². The predicted molar refractivity (Wildman–Crippen MR) is 77.7 cm³/mol. The number of hydrogen-bond acceptors (Lipinski definition) is 4. The maximum atomic E-state index is 11.8. The van der Waals surface area contributed by atoms with E-state index in [-0.39, 0.29) is 18.8 Å². The van der Waals surface area contributed by atoms with E-state index in [0.717, 1.165) is 17.9 Å². The molecule has 5 heteroatoms. The maximum Gasteiger partial charge on any atom is 0.308 e. The van der Waals surface area contributed by atoms with E-state index in [1.54, 1.807) is 0 Å². The first-order valence-corrected chi connectivity index (χ1v) is 7.31. The maximum absolute atomic E-state index is 11.8. The number of carboxylic acid groups (broad SMARTS) is 1. The van der Waals surface area contributed by atoms with Crippen LogP contribution in [0.4, 0.5) is 0 Å². The van der Waals surface area contributed by atoms with Crippen molar-refractivity contribution in [2.24, 2.45) is 11.8 Å². The molecule has 1 aromatic carbocycles. The number of ether oxygens (including phenoxy) is 2. The lowest BCUT2D eigenvalue weighted by Crippen LogP contribution is -2.37. The van der Waals surface area contributed by atoms with Gasteiger partial charge in [0.25, 0.3) is 0 Å². The number of nitrogens with zero attached hydrogens (tertiary/aromatic N) is 1. The fourth-order valence-corrected chi connectivity index (χ4v) is 3.76. The van der Waals surface area contributed by atoms with E-state index in [1.807, 2.05) is 25.2 Å². The average Bonchev–Trinajstić information content (AvgIpc) is 3.00. The number of likely N-dealkylation sites (tertiary alicyclic amines) is 1. The summed E-state index contributed by atoms with van der Waals surface area (Å²) in [5, 5.41) is 9.69. The third kappa shape index (κ3) is 2.35. The SMILES string of the molecule is CC(C)C1C(C(=O)O)C(c2ccc3c(c2)OCO3)CN1C. The summed E-state index contributed by atoms with van der Waals surface area (Å²) in [4.78, 5) is 14.0. The van der Waals surface area contributed by atoms with Crippen LogP contribution in [0.1, 0.15) is 25.3 Å². The molecule has 3 unspecified atom stereocenters. The number of aliphatic carboxylic acids is 1. The molecule has 1 saturated heterocycles. The molecular formula is C16H21NO4. The molecule has 1 aromatic rings. The Labute approximate surface area is 124 Å². The quantitative estimate of drug-likeness (QED) is 0.925. The van der Waals surface area contributed by atoms with Gasteiger partial charge in [-0.3, -0.25) is 4.79 Å². The van der Waals surface area contributed by atoms with Crippen molar-refractivity contribution in [2.75, 3.05) is 20.4 Å². The molecule has 3 atom stereocenters. The van der Waals surface area contributed by atoms with E-state index in [4.69, 9.17) is 9.47 Å². The smallest absolute Gasteiger partial charge is 0.308 e. The Kier molecular flexibility index (Phi) is 3.53. The first kappa shape index (κ1) is 14.2. The van der Waals surface area contributed by atoms with Crippen molar-refractivity contribution in [3.8, 4) is 11.5 Å². The summed E-state index contributed by atoms with van der Waals surface area (Å²) in [6, 6.07) is 5.82. The Morgan fingerprint density at radius 2 is 2.05 bits per heavy atom. The zero-order chi connectivity index (χ0) is 15.1. The first-order valence-electron chi connectivity index (χ1n) is 7.31. The van der Waals surface area contributed by atoms with Crippen LogP contribution in [0.3, 0.4) is 0 Å². The van der Waals surface area contributed by atoms with Crippen LogP contribution in [-0.2, 0) is 4.79 Å². The molecule has 0 saturated carbocycles. The van der Waals surface area contributed by atoms with Gasteiger partial charge in [-0.15, -0.1) is 0 Å². The second-order valence-electron chi connectivity index (χ2n) is 6.26. The van der Waals surface area contributed by atoms with Crippen molar-refractivity contribution < 1.29 is 19.4 Å². The lowest BCUT2D eigenvalue weighted by Gasteiger charge is -2.27. The number of likely N-dealkylation sites (N-methyl/N-ethyl adjacent to an activating group) is 1. The van der Waals surface area contributed by atoms with Gasteiger partial charge < -0.3 is 19.5 Å². The fourth-order valence-electron chi connectivity index (χ4n) is 3.76. The van der Waals surface area contributed by atoms with Crippen LogP contribution in [0.15, 0.2) is 18.2 Å². The first-order chi connectivity index (χ1) is 9.99. The summed E-state index contributed by atoms with van der Waals surface area (Å²) in [5.41, 5.74) is 1.02. The Bertz CT molecular complexity index is 557. The molecule has 5 nitrogen and oxygen atoms in total. The highest BCUT2D eigenvalue weighted by Crippen LogP contribution is 2.42. The van der Waals surface area contributed by atoms with Crippen LogP contribution in [0, 0.1) is 11.8 Å². The van der Waals surface area contributed by atoms with Crippen molar-refractivity contribution in [1.82, 2.24) is 4.90 Å². The van der Waals surface area contributed by atoms with Gasteiger partial charge in [-0.25, -0.2) is 0 Å². The molecule has 114 valence electrons. The van der Waals surface area contributed by atoms with Crippen molar-refractivity contribution >= 4 is 5.97 Å². The number of carboxylic acids is 1. The minimum absolute atomic E-state index is 0.0191. The van der Waals surface area contributed by atoms with E-state index in [9.17, 15) is 9.90 Å². The highest BCUT2D eigenvalue weighted by molar-refractivity contribution is 5.73. The van der Waals surface area contributed by atoms with Crippen LogP contribution in [0.5, 0.6) is 11.5 Å². The molecule has 3 rings (SSSR count). The van der Waals surface area contributed by atoms with Gasteiger partial charge in [-0.05, 0) is 30.7 Å². The Morgan fingerprint density at radius 1 is 1.33 bits per heavy atom. The summed E-state index contributed by atoms with van der Waals surface area (Å²) in [6.07, 6.45) is 0. The molecule has 2 aliphatic rings. The minimum Gasteiger partial charge on any atom is -0.481 e. The zero-order valence-corrected chi connectivity index (χ0v) is 12.6. The average molecular weight is 291 g/mol. The standard InChI is InChI=1S/C16H21NO4/c1-9(2)15-14(16(18)19)11(7-17(15)3)10-4-5-12-13(6-10)21-8-20-12/h4-6,9,11,14-15H,7-8H2,1-3H3,(H,18,19). The molecule has 0 spiro atoms. The van der Waals surface area contributed by atoms with Gasteiger partial charge >= 0.3 is 5.97 Å². The lowest BCUT2D eigenvalue weighted by atomic mass is 9.81. The Morgan fingerprint density at radius 3 is 2.71 bits per heavy atom. The molecule has 2 aliphatic heterocycles. The van der Waals surface area contributed by atoms with Gasteiger partial charge in [0.1, 0.15) is 0 Å². The molecule has 21 heavy (non-hydrogen) atoms. The van der Waals surface area contributed by atoms with E-state index in [2.05, 4.69) is 18.7 Å². The highest BCUT2D eigenvalue weighted by Gasteiger charge is 2.46. The summed E-state index contributed by atoms with van der Waals surface area (Å²) < 4.78 is 10.7. The van der Waals surface area contributed by atoms with E-state index in [0.29, 0.717) is 11.7 Å². The molecule has 0 aromatic heterocycles. The Hall–Kier alpha value is -1.75. The molecule has 2 heterocycles. The van der Waals surface area contributed by atoms with Crippen LogP contribution < -0.4 is 9.47 Å². The monoisotopic (exact) mass is 291 g/mol. The number of fused-ring (bicyclic) bond motifs is 1. The summed E-state index contributed by atoms with van der Waals surface area (Å²) in [5.74, 6) is 0.616. The van der Waals surface area contributed by atoms with Crippen molar-refractivity contribution in [3.05, 3.63) is 23.8 Å². The number of benzene rings is 1. The lowest BCUT2D eigenvalue weighted by molar-refractivity contribution is -0.143. The zero-order valence-electron chi connectivity index (χ0n) is 12.6. The number of carbonyl (C=O) groups is 1. The molecular weight excluding hydrogens is 270 g/mol. The summed E-state index contributed by atoms with van der Waals surface area (Å²) in [6.45, 7) is 5.15. The normalized spacial score (nSPS) is 28.3. The summed E-state index contributed by atoms with van der Waals surface area (Å²) in [7, 11) is 2.01. The highest BCUT2D eigenvalue weighted by atomic mass is 16.7. The van der Waals surface area contributed by atoms with Gasteiger partial charge in [0.2, 0.25) is 6.79 Å². The third-order valence-corrected chi connectivity index (χ3v) is 4.59. The molecule has 0 aliphatic carbocycles. The van der Waals surface area contributed by atoms with Gasteiger partial charge in [0.15, 0.2) is 11.5 Å². The largest absolute Gasteiger partial charge is 0.481 e. The predicted octanol–water partition coefficient (Wildman–Crippen LogP) is 2.17. The molecule has 1 N–H and O–H groups in total. The second kappa shape index (κ2) is 5.22. The number of rotatable bonds is 3. The van der Waals surface area contributed by atoms with Gasteiger partial charge in [0.05, 0.1) is 5.92 Å². The van der Waals surface area contributed by atoms with Gasteiger partial charge in [-0.1, -0.05) is 19.9 Å². The molecule has 0 radical (unpaired) electrons. The number of hydrogen-bond donors (Lipinski definition) is 1. The minimum atomic E-state index is -0.722. The van der Waals surface area contributed by atoms with Crippen LogP contribution in [0.2, 0.25) is 0 Å². The van der Waals surface area contributed by atoms with Crippen molar-refractivity contribution in [1.29, 1.82) is 0 Å². The second-order valence-corrected chi connectivity index (χ2v) is 6.26.